The molecule has 0 atom stereocenters. The minimum absolute atomic E-state index is 0.0186. The first-order valence-electron chi connectivity index (χ1n) is 7.51. The number of rotatable bonds is 8. The lowest BCUT2D eigenvalue weighted by Crippen LogP contribution is -2.38. The summed E-state index contributed by atoms with van der Waals surface area (Å²) in [5.41, 5.74) is 0.732. The van der Waals surface area contributed by atoms with E-state index in [1.165, 1.54) is 18.1 Å². The number of carbonyl (C=O) groups is 3. The zero-order chi connectivity index (χ0) is 18.1. The van der Waals surface area contributed by atoms with Gasteiger partial charge in [0.1, 0.15) is 6.54 Å². The van der Waals surface area contributed by atoms with Crippen LogP contribution in [0.15, 0.2) is 24.3 Å². The largest absolute Gasteiger partial charge is 0.480 e. The average Bonchev–Trinajstić information content (AvgIpc) is 2.49. The number of nitrogens with one attached hydrogen (secondary N) is 2. The Labute approximate surface area is 140 Å². The number of ether oxygens (including phenoxy) is 1. The van der Waals surface area contributed by atoms with Gasteiger partial charge in [-0.15, -0.1) is 0 Å². The molecule has 0 saturated heterocycles. The van der Waals surface area contributed by atoms with Crippen LogP contribution in [-0.2, 0) is 9.53 Å². The molecule has 0 aliphatic rings. The van der Waals surface area contributed by atoms with Gasteiger partial charge in [-0.05, 0) is 32.0 Å². The third kappa shape index (κ3) is 6.66. The molecule has 1 aromatic carbocycles. The van der Waals surface area contributed by atoms with E-state index in [-0.39, 0.29) is 30.8 Å². The number of aliphatic carboxylic acids is 1. The smallest absolute Gasteiger partial charge is 0.323 e. The summed E-state index contributed by atoms with van der Waals surface area (Å²) in [5, 5.41) is 14.2. The van der Waals surface area contributed by atoms with Crippen LogP contribution in [0, 0.1) is 0 Å². The number of carboxylic acids is 1. The monoisotopic (exact) mass is 337 g/mol. The second-order valence-corrected chi connectivity index (χ2v) is 5.45. The molecule has 8 nitrogen and oxygen atoms in total. The van der Waals surface area contributed by atoms with Gasteiger partial charge in [0.2, 0.25) is 0 Å². The Morgan fingerprint density at radius 3 is 2.58 bits per heavy atom. The SMILES string of the molecule is COCCN(CC(=O)O)C(=O)c1cccc(NC(=O)NC(C)C)c1. The molecular formula is C16H23N3O5. The van der Waals surface area contributed by atoms with Crippen LogP contribution in [0.2, 0.25) is 0 Å². The van der Waals surface area contributed by atoms with Gasteiger partial charge in [0.25, 0.3) is 5.91 Å². The Bertz CT molecular complexity index is 589. The average molecular weight is 337 g/mol. The molecule has 1 rings (SSSR count). The van der Waals surface area contributed by atoms with Crippen molar-refractivity contribution in [3.05, 3.63) is 29.8 Å². The van der Waals surface area contributed by atoms with E-state index in [0.29, 0.717) is 5.69 Å². The fraction of sp³-hybridized carbons (Fsp3) is 0.438. The van der Waals surface area contributed by atoms with Crippen LogP contribution < -0.4 is 10.6 Å². The summed E-state index contributed by atoms with van der Waals surface area (Å²) >= 11 is 0. The molecule has 0 aliphatic carbocycles. The van der Waals surface area contributed by atoms with E-state index in [0.717, 1.165) is 0 Å². The highest BCUT2D eigenvalue weighted by atomic mass is 16.5. The zero-order valence-corrected chi connectivity index (χ0v) is 14.0. The second-order valence-electron chi connectivity index (χ2n) is 5.45. The topological polar surface area (TPSA) is 108 Å². The zero-order valence-electron chi connectivity index (χ0n) is 14.0. The Kier molecular flexibility index (Phi) is 7.70. The normalized spacial score (nSPS) is 10.3. The fourth-order valence-electron chi connectivity index (χ4n) is 1.96. The maximum Gasteiger partial charge on any atom is 0.323 e. The molecule has 1 aromatic rings. The molecule has 0 aliphatic heterocycles. The first kappa shape index (κ1) is 19.4. The maximum absolute atomic E-state index is 12.5. The number of anilines is 1. The first-order chi connectivity index (χ1) is 11.3. The molecule has 0 bridgehead atoms. The molecule has 8 heteroatoms. The quantitative estimate of drug-likeness (QED) is 0.664. The molecular weight excluding hydrogens is 314 g/mol. The summed E-state index contributed by atoms with van der Waals surface area (Å²) in [5.74, 6) is -1.55. The van der Waals surface area contributed by atoms with Gasteiger partial charge in [0.05, 0.1) is 6.61 Å². The number of methoxy groups -OCH3 is 1. The Hall–Kier alpha value is -2.61. The highest BCUT2D eigenvalue weighted by molar-refractivity contribution is 5.98. The standard InChI is InChI=1S/C16H23N3O5/c1-11(2)17-16(23)18-13-6-4-5-12(9-13)15(22)19(7-8-24-3)10-14(20)21/h4-6,9,11H,7-8,10H2,1-3H3,(H,20,21)(H2,17,18,23). The summed E-state index contributed by atoms with van der Waals surface area (Å²) < 4.78 is 4.90. The van der Waals surface area contributed by atoms with Crippen molar-refractivity contribution in [3.63, 3.8) is 0 Å². The fourth-order valence-corrected chi connectivity index (χ4v) is 1.96. The van der Waals surface area contributed by atoms with Gasteiger partial charge in [-0.3, -0.25) is 9.59 Å². The van der Waals surface area contributed by atoms with Gasteiger partial charge < -0.3 is 25.4 Å². The predicted octanol–water partition coefficient (Wildman–Crippen LogP) is 1.39. The highest BCUT2D eigenvalue weighted by Gasteiger charge is 2.18. The van der Waals surface area contributed by atoms with Gasteiger partial charge in [0, 0.05) is 30.9 Å². The number of hydrogen-bond acceptors (Lipinski definition) is 4. The summed E-state index contributed by atoms with van der Waals surface area (Å²) in [6, 6.07) is 5.94. The molecule has 0 fully saturated rings. The molecule has 0 saturated carbocycles. The number of urea groups is 1. The van der Waals surface area contributed by atoms with Crippen LogP contribution in [0.25, 0.3) is 0 Å². The molecule has 3 amide bonds. The Balaban J connectivity index is 2.86. The molecule has 132 valence electrons. The Morgan fingerprint density at radius 1 is 1.29 bits per heavy atom. The van der Waals surface area contributed by atoms with Crippen molar-refractivity contribution in [2.45, 2.75) is 19.9 Å². The van der Waals surface area contributed by atoms with Crippen molar-refractivity contribution in [2.24, 2.45) is 0 Å². The number of hydrogen-bond donors (Lipinski definition) is 3. The van der Waals surface area contributed by atoms with Crippen molar-refractivity contribution < 1.29 is 24.2 Å². The summed E-state index contributed by atoms with van der Waals surface area (Å²) in [6.45, 7) is 3.63. The summed E-state index contributed by atoms with van der Waals surface area (Å²) in [4.78, 5) is 36.3. The lowest BCUT2D eigenvalue weighted by atomic mass is 10.1. The number of amides is 3. The van der Waals surface area contributed by atoms with Crippen LogP contribution >= 0.6 is 0 Å². The molecule has 0 heterocycles. The van der Waals surface area contributed by atoms with Crippen molar-refractivity contribution in [1.29, 1.82) is 0 Å². The van der Waals surface area contributed by atoms with Crippen LogP contribution in [0.3, 0.4) is 0 Å². The van der Waals surface area contributed by atoms with Gasteiger partial charge in [-0.25, -0.2) is 4.79 Å². The highest BCUT2D eigenvalue weighted by Crippen LogP contribution is 2.13. The lowest BCUT2D eigenvalue weighted by Gasteiger charge is -2.20. The molecule has 0 unspecified atom stereocenters. The van der Waals surface area contributed by atoms with E-state index in [2.05, 4.69) is 10.6 Å². The molecule has 0 radical (unpaired) electrons. The second kappa shape index (κ2) is 9.51. The molecule has 0 aromatic heterocycles. The van der Waals surface area contributed by atoms with Crippen LogP contribution in [0.4, 0.5) is 10.5 Å². The van der Waals surface area contributed by atoms with E-state index < -0.39 is 18.4 Å². The number of benzene rings is 1. The predicted molar refractivity (Wildman–Crippen MR) is 89.1 cm³/mol. The third-order valence-corrected chi connectivity index (χ3v) is 2.97. The number of nitrogens with zero attached hydrogens (tertiary/aromatic N) is 1. The Morgan fingerprint density at radius 2 is 2.00 bits per heavy atom. The van der Waals surface area contributed by atoms with Crippen LogP contribution in [0.1, 0.15) is 24.2 Å². The van der Waals surface area contributed by atoms with Crippen molar-refractivity contribution >= 4 is 23.6 Å². The molecule has 0 spiro atoms. The molecule has 3 N–H and O–H groups in total. The summed E-state index contributed by atoms with van der Waals surface area (Å²) in [7, 11) is 1.47. The minimum Gasteiger partial charge on any atom is -0.480 e. The van der Waals surface area contributed by atoms with Crippen LogP contribution in [0.5, 0.6) is 0 Å². The van der Waals surface area contributed by atoms with E-state index in [4.69, 9.17) is 9.84 Å². The van der Waals surface area contributed by atoms with Gasteiger partial charge in [-0.2, -0.15) is 0 Å². The van der Waals surface area contributed by atoms with E-state index >= 15 is 0 Å². The van der Waals surface area contributed by atoms with Gasteiger partial charge >= 0.3 is 12.0 Å². The van der Waals surface area contributed by atoms with E-state index in [9.17, 15) is 14.4 Å². The summed E-state index contributed by atoms with van der Waals surface area (Å²) in [6.07, 6.45) is 0. The lowest BCUT2D eigenvalue weighted by molar-refractivity contribution is -0.137. The van der Waals surface area contributed by atoms with E-state index in [1.807, 2.05) is 13.8 Å². The number of carbonyl (C=O) groups excluding carboxylic acids is 2. The van der Waals surface area contributed by atoms with Crippen LogP contribution in [-0.4, -0.2) is 60.8 Å². The first-order valence-corrected chi connectivity index (χ1v) is 7.51. The maximum atomic E-state index is 12.5. The van der Waals surface area contributed by atoms with E-state index in [1.54, 1.807) is 18.2 Å². The molecule has 24 heavy (non-hydrogen) atoms. The van der Waals surface area contributed by atoms with Crippen molar-refractivity contribution in [3.8, 4) is 0 Å². The van der Waals surface area contributed by atoms with Crippen molar-refractivity contribution in [2.75, 3.05) is 32.1 Å². The number of carboxylic acid groups (broad SMARTS) is 1. The third-order valence-electron chi connectivity index (χ3n) is 2.97. The van der Waals surface area contributed by atoms with Gasteiger partial charge in [-0.1, -0.05) is 6.07 Å². The minimum atomic E-state index is -1.11. The van der Waals surface area contributed by atoms with Gasteiger partial charge in [0.15, 0.2) is 0 Å². The van der Waals surface area contributed by atoms with Crippen molar-refractivity contribution in [1.82, 2.24) is 10.2 Å².